The highest BCUT2D eigenvalue weighted by Gasteiger charge is 2.39. The number of hydrogen-bond acceptors (Lipinski definition) is 7. The summed E-state index contributed by atoms with van der Waals surface area (Å²) in [6.07, 6.45) is 1.90. The van der Waals surface area contributed by atoms with E-state index < -0.39 is 18.5 Å². The van der Waals surface area contributed by atoms with E-state index in [1.165, 1.54) is 12.3 Å². The third-order valence-corrected chi connectivity index (χ3v) is 5.15. The summed E-state index contributed by atoms with van der Waals surface area (Å²) in [4.78, 5) is 22.5. The van der Waals surface area contributed by atoms with Crippen LogP contribution in [0.15, 0.2) is 30.5 Å². The van der Waals surface area contributed by atoms with Crippen LogP contribution in [0.4, 0.5) is 19.1 Å². The van der Waals surface area contributed by atoms with Gasteiger partial charge in [-0.25, -0.2) is 14.4 Å². The van der Waals surface area contributed by atoms with Crippen LogP contribution in [0.25, 0.3) is 0 Å². The van der Waals surface area contributed by atoms with E-state index in [1.807, 2.05) is 11.0 Å². The van der Waals surface area contributed by atoms with Crippen LogP contribution in [-0.4, -0.2) is 47.7 Å². The van der Waals surface area contributed by atoms with Crippen LogP contribution in [0.3, 0.4) is 0 Å². The minimum Gasteiger partial charge on any atom is -0.486 e. The van der Waals surface area contributed by atoms with Crippen LogP contribution in [0.1, 0.15) is 18.5 Å². The number of nitrogens with zero attached hydrogens (tertiary/aromatic N) is 4. The Bertz CT molecular complexity index is 1000. The molecule has 0 radical (unpaired) electrons. The molecule has 2 fully saturated rings. The normalized spacial score (nSPS) is 20.4. The quantitative estimate of drug-likeness (QED) is 0.715. The van der Waals surface area contributed by atoms with Gasteiger partial charge in [-0.3, -0.25) is 4.79 Å². The summed E-state index contributed by atoms with van der Waals surface area (Å²) >= 11 is 0. The maximum absolute atomic E-state index is 13.4. The summed E-state index contributed by atoms with van der Waals surface area (Å²) in [5.41, 5.74) is 0.276. The molecule has 1 amide bonds. The van der Waals surface area contributed by atoms with Gasteiger partial charge < -0.3 is 19.7 Å². The predicted octanol–water partition coefficient (Wildman–Crippen LogP) is 2.25. The standard InChI is InChI=1S/C20H18F3N5O3/c21-12-1-2-16(31-19(22)23)17(7-12)30-15-5-11(6-15)18(29)26-14-9-28(10-14)20-25-4-3-13(8-24)27-20/h1-4,7,11,14-15,19H,5-6,9-10H2,(H,26,29). The molecule has 11 heteroatoms. The van der Waals surface area contributed by atoms with Crippen molar-refractivity contribution in [3.63, 3.8) is 0 Å². The van der Waals surface area contributed by atoms with Gasteiger partial charge in [-0.05, 0) is 31.0 Å². The van der Waals surface area contributed by atoms with Crippen molar-refractivity contribution < 1.29 is 27.4 Å². The van der Waals surface area contributed by atoms with E-state index in [-0.39, 0.29) is 35.1 Å². The second-order valence-corrected chi connectivity index (χ2v) is 7.34. The van der Waals surface area contributed by atoms with Crippen molar-refractivity contribution >= 4 is 11.9 Å². The lowest BCUT2D eigenvalue weighted by Crippen LogP contribution is -2.61. The molecular weight excluding hydrogens is 415 g/mol. The van der Waals surface area contributed by atoms with Gasteiger partial charge in [0.05, 0.1) is 6.04 Å². The Morgan fingerprint density at radius 3 is 2.74 bits per heavy atom. The minimum atomic E-state index is -3.05. The van der Waals surface area contributed by atoms with Crippen LogP contribution in [0, 0.1) is 23.1 Å². The molecule has 0 atom stereocenters. The molecule has 0 bridgehead atoms. The maximum atomic E-state index is 13.4. The summed E-state index contributed by atoms with van der Waals surface area (Å²) in [5, 5.41) is 11.8. The monoisotopic (exact) mass is 433 g/mol. The van der Waals surface area contributed by atoms with E-state index in [4.69, 9.17) is 10.00 Å². The molecule has 162 valence electrons. The molecule has 1 saturated heterocycles. The molecule has 31 heavy (non-hydrogen) atoms. The molecule has 1 aromatic carbocycles. The first-order valence-corrected chi connectivity index (χ1v) is 9.60. The fourth-order valence-corrected chi connectivity index (χ4v) is 3.44. The lowest BCUT2D eigenvalue weighted by atomic mass is 9.81. The SMILES string of the molecule is N#Cc1ccnc(N2CC(NC(=O)C3CC(Oc4cc(F)ccc4OC(F)F)C3)C2)n1. The van der Waals surface area contributed by atoms with Crippen molar-refractivity contribution in [1.82, 2.24) is 15.3 Å². The highest BCUT2D eigenvalue weighted by molar-refractivity contribution is 5.80. The summed E-state index contributed by atoms with van der Waals surface area (Å²) in [6, 6.07) is 6.48. The number of hydrogen-bond donors (Lipinski definition) is 1. The van der Waals surface area contributed by atoms with E-state index >= 15 is 0 Å². The Balaban J connectivity index is 1.23. The number of ether oxygens (including phenoxy) is 2. The molecule has 2 aliphatic rings. The van der Waals surface area contributed by atoms with Crippen molar-refractivity contribution in [2.24, 2.45) is 5.92 Å². The number of aromatic nitrogens is 2. The lowest BCUT2D eigenvalue weighted by Gasteiger charge is -2.41. The van der Waals surface area contributed by atoms with Gasteiger partial charge in [0.25, 0.3) is 0 Å². The van der Waals surface area contributed by atoms with Gasteiger partial charge in [0.15, 0.2) is 11.5 Å². The molecule has 2 aromatic rings. The number of nitriles is 1. The van der Waals surface area contributed by atoms with Gasteiger partial charge in [-0.1, -0.05) is 0 Å². The number of alkyl halides is 2. The van der Waals surface area contributed by atoms with E-state index in [1.54, 1.807) is 0 Å². The Kier molecular flexibility index (Phi) is 5.79. The zero-order valence-electron chi connectivity index (χ0n) is 16.2. The number of amides is 1. The van der Waals surface area contributed by atoms with E-state index in [9.17, 15) is 18.0 Å². The van der Waals surface area contributed by atoms with Crippen LogP contribution in [0.2, 0.25) is 0 Å². The number of benzene rings is 1. The van der Waals surface area contributed by atoms with Gasteiger partial charge in [-0.15, -0.1) is 0 Å². The van der Waals surface area contributed by atoms with E-state index in [0.717, 1.165) is 18.2 Å². The second-order valence-electron chi connectivity index (χ2n) is 7.34. The molecular formula is C20H18F3N5O3. The number of nitrogens with one attached hydrogen (secondary N) is 1. The van der Waals surface area contributed by atoms with Gasteiger partial charge in [0.1, 0.15) is 23.7 Å². The Morgan fingerprint density at radius 2 is 2.03 bits per heavy atom. The molecule has 1 saturated carbocycles. The number of anilines is 1. The van der Waals surface area contributed by atoms with Gasteiger partial charge in [0, 0.05) is 31.3 Å². The largest absolute Gasteiger partial charge is 0.486 e. The third-order valence-electron chi connectivity index (χ3n) is 5.15. The molecule has 2 heterocycles. The summed E-state index contributed by atoms with van der Waals surface area (Å²) < 4.78 is 48.3. The predicted molar refractivity (Wildman–Crippen MR) is 101 cm³/mol. The van der Waals surface area contributed by atoms with Crippen LogP contribution >= 0.6 is 0 Å². The first-order valence-electron chi connectivity index (χ1n) is 9.60. The Morgan fingerprint density at radius 1 is 1.26 bits per heavy atom. The van der Waals surface area contributed by atoms with Crippen LogP contribution in [-0.2, 0) is 4.79 Å². The number of halogens is 3. The average Bonchev–Trinajstić information content (AvgIpc) is 2.68. The number of carbonyl (C=O) groups excluding carboxylic acids is 1. The lowest BCUT2D eigenvalue weighted by molar-refractivity contribution is -0.131. The topological polar surface area (TPSA) is 100 Å². The molecule has 4 rings (SSSR count). The first-order chi connectivity index (χ1) is 14.9. The van der Waals surface area contributed by atoms with Crippen molar-refractivity contribution in [2.45, 2.75) is 31.6 Å². The zero-order valence-corrected chi connectivity index (χ0v) is 16.2. The molecule has 1 aliphatic carbocycles. The van der Waals surface area contributed by atoms with Gasteiger partial charge >= 0.3 is 6.61 Å². The number of carbonyl (C=O) groups is 1. The van der Waals surface area contributed by atoms with Crippen LogP contribution in [0.5, 0.6) is 11.5 Å². The Hall–Kier alpha value is -3.55. The fraction of sp³-hybridized carbons (Fsp3) is 0.400. The van der Waals surface area contributed by atoms with Crippen LogP contribution < -0.4 is 19.7 Å². The van der Waals surface area contributed by atoms with Gasteiger partial charge in [-0.2, -0.15) is 14.0 Å². The minimum absolute atomic E-state index is 0.0592. The molecule has 0 spiro atoms. The summed E-state index contributed by atoms with van der Waals surface area (Å²) in [7, 11) is 0. The molecule has 1 N–H and O–H groups in total. The van der Waals surface area contributed by atoms with Crippen molar-refractivity contribution in [3.05, 3.63) is 42.0 Å². The van der Waals surface area contributed by atoms with Gasteiger partial charge in [0.2, 0.25) is 11.9 Å². The van der Waals surface area contributed by atoms with E-state index in [2.05, 4.69) is 20.0 Å². The highest BCUT2D eigenvalue weighted by Crippen LogP contribution is 2.36. The average molecular weight is 433 g/mol. The fourth-order valence-electron chi connectivity index (χ4n) is 3.44. The zero-order chi connectivity index (χ0) is 22.0. The third kappa shape index (κ3) is 4.79. The maximum Gasteiger partial charge on any atom is 0.387 e. The highest BCUT2D eigenvalue weighted by atomic mass is 19.3. The number of rotatable bonds is 7. The van der Waals surface area contributed by atoms with E-state index in [0.29, 0.717) is 31.9 Å². The smallest absolute Gasteiger partial charge is 0.387 e. The molecule has 1 aromatic heterocycles. The first kappa shape index (κ1) is 20.7. The van der Waals surface area contributed by atoms with Crippen molar-refractivity contribution in [3.8, 4) is 17.6 Å². The Labute approximate surface area is 175 Å². The van der Waals surface area contributed by atoms with Crippen molar-refractivity contribution in [2.75, 3.05) is 18.0 Å². The van der Waals surface area contributed by atoms with Crippen molar-refractivity contribution in [1.29, 1.82) is 5.26 Å². The second kappa shape index (κ2) is 8.67. The molecule has 1 aliphatic heterocycles. The summed E-state index contributed by atoms with van der Waals surface area (Å²) in [5.74, 6) is -0.952. The molecule has 0 unspecified atom stereocenters. The summed E-state index contributed by atoms with van der Waals surface area (Å²) in [6.45, 7) is -1.99. The molecule has 8 nitrogen and oxygen atoms in total.